The lowest BCUT2D eigenvalue weighted by Crippen LogP contribution is -2.20. The van der Waals surface area contributed by atoms with Crippen molar-refractivity contribution in [2.24, 2.45) is 5.10 Å². The molecule has 7 heteroatoms. The molecular formula is C33H26N4O3. The number of fused-ring (bicyclic) bond motifs is 1. The zero-order chi connectivity index (χ0) is 27.9. The van der Waals surface area contributed by atoms with Gasteiger partial charge >= 0.3 is 0 Å². The molecule has 0 saturated carbocycles. The molecule has 5 rings (SSSR count). The van der Waals surface area contributed by atoms with Crippen LogP contribution in [0.25, 0.3) is 22.3 Å². The van der Waals surface area contributed by atoms with Crippen molar-refractivity contribution in [3.05, 3.63) is 136 Å². The number of ether oxygens (including phenoxy) is 2. The van der Waals surface area contributed by atoms with E-state index in [1.165, 1.54) is 4.68 Å². The number of para-hydroxylation sites is 1. The normalized spacial score (nSPS) is 10.9. The van der Waals surface area contributed by atoms with Crippen LogP contribution in [0, 0.1) is 11.3 Å². The molecule has 1 heterocycles. The van der Waals surface area contributed by atoms with Gasteiger partial charge in [0.1, 0.15) is 6.61 Å². The lowest BCUT2D eigenvalue weighted by atomic mass is 10.1. The van der Waals surface area contributed by atoms with Crippen LogP contribution in [0.4, 0.5) is 0 Å². The smallest absolute Gasteiger partial charge is 0.282 e. The second-order valence-electron chi connectivity index (χ2n) is 8.94. The lowest BCUT2D eigenvalue weighted by molar-refractivity contribution is 0.281. The van der Waals surface area contributed by atoms with Gasteiger partial charge in [-0.1, -0.05) is 66.7 Å². The van der Waals surface area contributed by atoms with Crippen molar-refractivity contribution in [3.63, 3.8) is 0 Å². The van der Waals surface area contributed by atoms with Crippen molar-refractivity contribution in [2.75, 3.05) is 7.11 Å². The summed E-state index contributed by atoms with van der Waals surface area (Å²) in [5.41, 5.74) is 3.98. The van der Waals surface area contributed by atoms with E-state index in [-0.39, 0.29) is 12.2 Å². The summed E-state index contributed by atoms with van der Waals surface area (Å²) >= 11 is 0. The molecule has 0 aliphatic carbocycles. The Labute approximate surface area is 231 Å². The van der Waals surface area contributed by atoms with Gasteiger partial charge in [0.25, 0.3) is 5.56 Å². The molecule has 0 unspecified atom stereocenters. The van der Waals surface area contributed by atoms with Crippen molar-refractivity contribution in [3.8, 4) is 29.0 Å². The first-order chi connectivity index (χ1) is 19.6. The fourth-order valence-electron chi connectivity index (χ4n) is 4.42. The Bertz CT molecular complexity index is 1820. The standard InChI is InChI=1S/C33H26N4O3/c1-3-11-25-18-23(19-30(39-2)31(25)40-22-27-15-8-7-14-26(27)20-34)21-35-37-32(24-12-5-4-6-13-24)36-29-17-10-9-16-28(29)33(37)38/h3-10,12-19,21H,1,11,22H2,2H3. The molecule has 0 atom stereocenters. The average Bonchev–Trinajstić information content (AvgIpc) is 3.00. The van der Waals surface area contributed by atoms with Crippen molar-refractivity contribution in [1.29, 1.82) is 5.26 Å². The number of rotatable bonds is 9. The maximum absolute atomic E-state index is 13.5. The number of nitriles is 1. The van der Waals surface area contributed by atoms with Gasteiger partial charge in [-0.05, 0) is 42.3 Å². The van der Waals surface area contributed by atoms with E-state index in [2.05, 4.69) is 17.7 Å². The van der Waals surface area contributed by atoms with Crippen LogP contribution >= 0.6 is 0 Å². The topological polar surface area (TPSA) is 89.5 Å². The molecule has 0 bridgehead atoms. The van der Waals surface area contributed by atoms with Crippen molar-refractivity contribution in [1.82, 2.24) is 9.66 Å². The Morgan fingerprint density at radius 2 is 1.75 bits per heavy atom. The van der Waals surface area contributed by atoms with E-state index < -0.39 is 0 Å². The first kappa shape index (κ1) is 26.1. The summed E-state index contributed by atoms with van der Waals surface area (Å²) in [4.78, 5) is 18.2. The highest BCUT2D eigenvalue weighted by Gasteiger charge is 2.15. The molecule has 0 aliphatic rings. The van der Waals surface area contributed by atoms with Crippen LogP contribution in [-0.2, 0) is 13.0 Å². The van der Waals surface area contributed by atoms with Crippen LogP contribution in [-0.4, -0.2) is 23.0 Å². The summed E-state index contributed by atoms with van der Waals surface area (Å²) < 4.78 is 13.2. The largest absolute Gasteiger partial charge is 0.493 e. The molecule has 7 nitrogen and oxygen atoms in total. The van der Waals surface area contributed by atoms with Gasteiger partial charge in [-0.25, -0.2) is 4.98 Å². The number of methoxy groups -OCH3 is 1. The predicted octanol–water partition coefficient (Wildman–Crippen LogP) is 6.13. The Kier molecular flexibility index (Phi) is 7.79. The summed E-state index contributed by atoms with van der Waals surface area (Å²) in [7, 11) is 1.56. The fourth-order valence-corrected chi connectivity index (χ4v) is 4.42. The molecule has 0 spiro atoms. The molecule has 4 aromatic carbocycles. The third-order valence-corrected chi connectivity index (χ3v) is 6.36. The van der Waals surface area contributed by atoms with E-state index in [9.17, 15) is 10.1 Å². The molecule has 0 N–H and O–H groups in total. The van der Waals surface area contributed by atoms with Gasteiger partial charge in [0.2, 0.25) is 0 Å². The Morgan fingerprint density at radius 1 is 1.00 bits per heavy atom. The van der Waals surface area contributed by atoms with Crippen molar-refractivity contribution < 1.29 is 9.47 Å². The SMILES string of the molecule is C=CCc1cc(C=Nn2c(-c3ccccc3)nc3ccccc3c2=O)cc(OC)c1OCc1ccccc1C#N. The van der Waals surface area contributed by atoms with Gasteiger partial charge in [-0.15, -0.1) is 6.58 Å². The zero-order valence-electron chi connectivity index (χ0n) is 21.9. The summed E-state index contributed by atoms with van der Waals surface area (Å²) in [6.45, 7) is 4.09. The van der Waals surface area contributed by atoms with Gasteiger partial charge in [-0.3, -0.25) is 4.79 Å². The van der Waals surface area contributed by atoms with Gasteiger partial charge in [0.05, 0.1) is 35.9 Å². The maximum Gasteiger partial charge on any atom is 0.282 e. The molecule has 0 amide bonds. The highest BCUT2D eigenvalue weighted by molar-refractivity contribution is 5.83. The molecular weight excluding hydrogens is 500 g/mol. The van der Waals surface area contributed by atoms with Crippen LogP contribution in [0.5, 0.6) is 11.5 Å². The average molecular weight is 527 g/mol. The minimum atomic E-state index is -0.268. The lowest BCUT2D eigenvalue weighted by Gasteiger charge is -2.16. The van der Waals surface area contributed by atoms with E-state index in [0.29, 0.717) is 45.8 Å². The van der Waals surface area contributed by atoms with E-state index >= 15 is 0 Å². The molecule has 0 aliphatic heterocycles. The second-order valence-corrected chi connectivity index (χ2v) is 8.94. The van der Waals surface area contributed by atoms with Crippen molar-refractivity contribution >= 4 is 17.1 Å². The molecule has 196 valence electrons. The van der Waals surface area contributed by atoms with E-state index in [1.54, 1.807) is 37.6 Å². The minimum Gasteiger partial charge on any atom is -0.493 e. The van der Waals surface area contributed by atoms with Crippen LogP contribution < -0.4 is 15.0 Å². The quantitative estimate of drug-likeness (QED) is 0.170. The monoisotopic (exact) mass is 526 g/mol. The Balaban J connectivity index is 1.56. The number of hydrogen-bond acceptors (Lipinski definition) is 6. The Morgan fingerprint density at radius 3 is 2.52 bits per heavy atom. The van der Waals surface area contributed by atoms with Crippen LogP contribution in [0.1, 0.15) is 22.3 Å². The first-order valence-corrected chi connectivity index (χ1v) is 12.7. The molecule has 1 aromatic heterocycles. The van der Waals surface area contributed by atoms with Gasteiger partial charge in [0.15, 0.2) is 17.3 Å². The highest BCUT2D eigenvalue weighted by Crippen LogP contribution is 2.34. The summed E-state index contributed by atoms with van der Waals surface area (Å²) in [6.07, 6.45) is 3.89. The van der Waals surface area contributed by atoms with Crippen LogP contribution in [0.2, 0.25) is 0 Å². The molecule has 0 fully saturated rings. The maximum atomic E-state index is 13.5. The van der Waals surface area contributed by atoms with E-state index in [1.807, 2.05) is 72.8 Å². The first-order valence-electron chi connectivity index (χ1n) is 12.7. The van der Waals surface area contributed by atoms with Gasteiger partial charge in [-0.2, -0.15) is 15.0 Å². The number of benzene rings is 4. The van der Waals surface area contributed by atoms with Crippen molar-refractivity contribution in [2.45, 2.75) is 13.0 Å². The third kappa shape index (κ3) is 5.38. The Hall–Kier alpha value is -5.48. The fraction of sp³-hybridized carbons (Fsp3) is 0.0909. The number of hydrogen-bond donors (Lipinski definition) is 0. The molecule has 40 heavy (non-hydrogen) atoms. The number of allylic oxidation sites excluding steroid dienone is 1. The summed E-state index contributed by atoms with van der Waals surface area (Å²) in [6, 6.07) is 29.9. The zero-order valence-corrected chi connectivity index (χ0v) is 21.9. The molecule has 5 aromatic rings. The molecule has 0 saturated heterocycles. The van der Waals surface area contributed by atoms with E-state index in [0.717, 1.165) is 16.7 Å². The summed E-state index contributed by atoms with van der Waals surface area (Å²) in [5.74, 6) is 1.50. The number of aromatic nitrogens is 2. The van der Waals surface area contributed by atoms with Gasteiger partial charge < -0.3 is 9.47 Å². The number of nitrogens with zero attached hydrogens (tertiary/aromatic N) is 4. The van der Waals surface area contributed by atoms with Gasteiger partial charge in [0, 0.05) is 16.7 Å². The minimum absolute atomic E-state index is 0.205. The van der Waals surface area contributed by atoms with Crippen LogP contribution in [0.3, 0.4) is 0 Å². The highest BCUT2D eigenvalue weighted by atomic mass is 16.5. The second kappa shape index (κ2) is 11.9. The summed E-state index contributed by atoms with van der Waals surface area (Å²) in [5, 5.41) is 14.5. The van der Waals surface area contributed by atoms with E-state index in [4.69, 9.17) is 14.5 Å². The molecule has 0 radical (unpaired) electrons. The van der Waals surface area contributed by atoms with Crippen LogP contribution in [0.15, 0.2) is 114 Å². The third-order valence-electron chi connectivity index (χ3n) is 6.36. The predicted molar refractivity (Wildman–Crippen MR) is 157 cm³/mol.